The SMILES string of the molecule is FC(F)(F)C1(Cl)C2C=CC(C2)C1(Cl)C(F)(F)F. The highest BCUT2D eigenvalue weighted by atomic mass is 35.5. The van der Waals surface area contributed by atoms with Crippen molar-refractivity contribution in [3.05, 3.63) is 12.2 Å². The van der Waals surface area contributed by atoms with Gasteiger partial charge in [-0.15, -0.1) is 23.2 Å². The van der Waals surface area contributed by atoms with Crippen molar-refractivity contribution >= 4 is 23.2 Å². The van der Waals surface area contributed by atoms with E-state index in [0.29, 0.717) is 0 Å². The summed E-state index contributed by atoms with van der Waals surface area (Å²) in [5.41, 5.74) is 0. The van der Waals surface area contributed by atoms with Crippen molar-refractivity contribution in [3.8, 4) is 0 Å². The second-order valence-electron chi connectivity index (χ2n) is 4.25. The summed E-state index contributed by atoms with van der Waals surface area (Å²) in [7, 11) is 0. The Hall–Kier alpha value is -0.100. The number of rotatable bonds is 0. The molecule has 0 radical (unpaired) electrons. The van der Waals surface area contributed by atoms with Crippen LogP contribution in [0, 0.1) is 11.8 Å². The second kappa shape index (κ2) is 3.26. The Morgan fingerprint density at radius 1 is 0.824 bits per heavy atom. The van der Waals surface area contributed by atoms with Crippen molar-refractivity contribution in [2.24, 2.45) is 11.8 Å². The van der Waals surface area contributed by atoms with Gasteiger partial charge in [0.15, 0.2) is 9.75 Å². The normalized spacial score (nSPS) is 45.6. The number of fused-ring (bicyclic) bond motifs is 2. The van der Waals surface area contributed by atoms with E-state index >= 15 is 0 Å². The van der Waals surface area contributed by atoms with Gasteiger partial charge in [-0.25, -0.2) is 0 Å². The van der Waals surface area contributed by atoms with E-state index in [4.69, 9.17) is 23.2 Å². The molecular formula is C9H6Cl2F6. The van der Waals surface area contributed by atoms with Crippen LogP contribution in [0.3, 0.4) is 0 Å². The first kappa shape index (κ1) is 13.3. The van der Waals surface area contributed by atoms with E-state index < -0.39 is 33.9 Å². The van der Waals surface area contributed by atoms with E-state index in [-0.39, 0.29) is 6.42 Å². The lowest BCUT2D eigenvalue weighted by Gasteiger charge is -2.44. The van der Waals surface area contributed by atoms with Crippen LogP contribution in [0.5, 0.6) is 0 Å². The van der Waals surface area contributed by atoms with E-state index in [1.807, 2.05) is 0 Å². The van der Waals surface area contributed by atoms with Gasteiger partial charge in [0.05, 0.1) is 0 Å². The Labute approximate surface area is 103 Å². The Morgan fingerprint density at radius 2 is 1.12 bits per heavy atom. The van der Waals surface area contributed by atoms with Crippen molar-refractivity contribution in [1.82, 2.24) is 0 Å². The topological polar surface area (TPSA) is 0 Å². The summed E-state index contributed by atoms with van der Waals surface area (Å²) in [6, 6.07) is 0. The van der Waals surface area contributed by atoms with Crippen LogP contribution in [-0.2, 0) is 0 Å². The number of halogens is 8. The minimum absolute atomic E-state index is 0.327. The minimum Gasteiger partial charge on any atom is -0.169 e. The summed E-state index contributed by atoms with van der Waals surface area (Å²) in [5, 5.41) is 0. The van der Waals surface area contributed by atoms with Crippen LogP contribution >= 0.6 is 23.2 Å². The molecule has 2 bridgehead atoms. The maximum atomic E-state index is 12.9. The summed E-state index contributed by atoms with van der Waals surface area (Å²) in [4.78, 5) is -6.97. The molecule has 0 amide bonds. The quantitative estimate of drug-likeness (QED) is 0.356. The first-order valence-corrected chi connectivity index (χ1v) is 5.41. The van der Waals surface area contributed by atoms with Crippen LogP contribution in [0.15, 0.2) is 12.2 Å². The molecule has 0 aromatic rings. The summed E-state index contributed by atoms with van der Waals surface area (Å²) in [6.45, 7) is 0. The van der Waals surface area contributed by atoms with Crippen LogP contribution in [0.1, 0.15) is 6.42 Å². The van der Waals surface area contributed by atoms with Crippen molar-refractivity contribution < 1.29 is 26.3 Å². The van der Waals surface area contributed by atoms with E-state index in [1.54, 1.807) is 0 Å². The van der Waals surface area contributed by atoms with Crippen LogP contribution in [0.25, 0.3) is 0 Å². The van der Waals surface area contributed by atoms with Crippen molar-refractivity contribution in [2.75, 3.05) is 0 Å². The lowest BCUT2D eigenvalue weighted by molar-refractivity contribution is -0.232. The fraction of sp³-hybridized carbons (Fsp3) is 0.778. The van der Waals surface area contributed by atoms with Gasteiger partial charge in [-0.2, -0.15) is 26.3 Å². The zero-order chi connectivity index (χ0) is 13.3. The molecule has 0 aromatic heterocycles. The summed E-state index contributed by atoms with van der Waals surface area (Å²) in [6.07, 6.45) is -8.65. The highest BCUT2D eigenvalue weighted by molar-refractivity contribution is 6.37. The number of hydrogen-bond donors (Lipinski definition) is 0. The first-order valence-electron chi connectivity index (χ1n) is 4.66. The average Bonchev–Trinajstić information content (AvgIpc) is 2.66. The predicted molar refractivity (Wildman–Crippen MR) is 50.0 cm³/mol. The van der Waals surface area contributed by atoms with Gasteiger partial charge in [0.1, 0.15) is 0 Å². The third-order valence-corrected chi connectivity index (χ3v) is 5.14. The summed E-state index contributed by atoms with van der Waals surface area (Å²) < 4.78 is 77.3. The Kier molecular flexibility index (Phi) is 2.56. The van der Waals surface area contributed by atoms with Gasteiger partial charge < -0.3 is 0 Å². The van der Waals surface area contributed by atoms with Crippen LogP contribution in [-0.4, -0.2) is 22.1 Å². The molecule has 0 aromatic carbocycles. The molecular weight excluding hydrogens is 293 g/mol. The molecule has 2 rings (SSSR count). The van der Waals surface area contributed by atoms with Gasteiger partial charge in [-0.05, 0) is 6.42 Å². The maximum Gasteiger partial charge on any atom is 0.410 e. The molecule has 1 saturated carbocycles. The van der Waals surface area contributed by atoms with E-state index in [9.17, 15) is 26.3 Å². The van der Waals surface area contributed by atoms with Gasteiger partial charge >= 0.3 is 12.4 Å². The average molecular weight is 299 g/mol. The zero-order valence-electron chi connectivity index (χ0n) is 8.04. The predicted octanol–water partition coefficient (Wildman–Crippen LogP) is 4.27. The molecule has 0 N–H and O–H groups in total. The molecule has 4 atom stereocenters. The van der Waals surface area contributed by atoms with E-state index in [1.165, 1.54) is 0 Å². The molecule has 4 unspecified atom stereocenters. The third-order valence-electron chi connectivity index (χ3n) is 3.46. The molecule has 0 nitrogen and oxygen atoms in total. The van der Waals surface area contributed by atoms with Gasteiger partial charge in [-0.3, -0.25) is 0 Å². The molecule has 2 aliphatic carbocycles. The molecule has 0 heterocycles. The monoisotopic (exact) mass is 298 g/mol. The standard InChI is InChI=1S/C9H6Cl2F6/c10-6(8(12,13)14)4-1-2-5(3-4)7(6,11)9(15,16)17/h1-2,4-5H,3H2. The minimum atomic E-state index is -5.23. The van der Waals surface area contributed by atoms with Crippen molar-refractivity contribution in [2.45, 2.75) is 28.5 Å². The lowest BCUT2D eigenvalue weighted by atomic mass is 9.80. The molecule has 2 aliphatic rings. The highest BCUT2D eigenvalue weighted by Gasteiger charge is 2.83. The Morgan fingerprint density at radius 3 is 1.35 bits per heavy atom. The van der Waals surface area contributed by atoms with Crippen molar-refractivity contribution in [3.63, 3.8) is 0 Å². The molecule has 1 fully saturated rings. The van der Waals surface area contributed by atoms with E-state index in [2.05, 4.69) is 0 Å². The zero-order valence-corrected chi connectivity index (χ0v) is 9.55. The fourth-order valence-electron chi connectivity index (χ4n) is 2.66. The molecule has 0 aliphatic heterocycles. The Balaban J connectivity index is 2.62. The van der Waals surface area contributed by atoms with Gasteiger partial charge in [0.25, 0.3) is 0 Å². The number of allylic oxidation sites excluding steroid dienone is 2. The van der Waals surface area contributed by atoms with Gasteiger partial charge in [-0.1, -0.05) is 12.2 Å². The molecule has 0 spiro atoms. The van der Waals surface area contributed by atoms with Crippen LogP contribution in [0.4, 0.5) is 26.3 Å². The Bertz CT molecular complexity index is 339. The number of alkyl halides is 8. The van der Waals surface area contributed by atoms with Crippen LogP contribution < -0.4 is 0 Å². The third kappa shape index (κ3) is 1.34. The lowest BCUT2D eigenvalue weighted by Crippen LogP contribution is -2.65. The second-order valence-corrected chi connectivity index (χ2v) is 5.45. The van der Waals surface area contributed by atoms with Crippen molar-refractivity contribution in [1.29, 1.82) is 0 Å². The van der Waals surface area contributed by atoms with Gasteiger partial charge in [0.2, 0.25) is 0 Å². The number of hydrogen-bond acceptors (Lipinski definition) is 0. The molecule has 98 valence electrons. The largest absolute Gasteiger partial charge is 0.410 e. The highest BCUT2D eigenvalue weighted by Crippen LogP contribution is 2.69. The molecule has 0 saturated heterocycles. The summed E-state index contributed by atoms with van der Waals surface area (Å²) >= 11 is 10.6. The first-order chi connectivity index (χ1) is 7.46. The maximum absolute atomic E-state index is 12.9. The fourth-order valence-corrected chi connectivity index (χ4v) is 3.48. The van der Waals surface area contributed by atoms with Gasteiger partial charge in [0, 0.05) is 11.8 Å². The van der Waals surface area contributed by atoms with Crippen LogP contribution in [0.2, 0.25) is 0 Å². The molecule has 8 heteroatoms. The van der Waals surface area contributed by atoms with E-state index in [0.717, 1.165) is 12.2 Å². The summed E-state index contributed by atoms with van der Waals surface area (Å²) in [5.74, 6) is -2.87. The smallest absolute Gasteiger partial charge is 0.169 e. The molecule has 17 heavy (non-hydrogen) atoms.